The summed E-state index contributed by atoms with van der Waals surface area (Å²) in [6, 6.07) is 11.1. The Morgan fingerprint density at radius 3 is 2.61 bits per heavy atom. The molecule has 0 bridgehead atoms. The molecule has 168 valence electrons. The summed E-state index contributed by atoms with van der Waals surface area (Å²) in [5.74, 6) is 1.26. The van der Waals surface area contributed by atoms with Gasteiger partial charge in [-0.1, -0.05) is 12.1 Å². The van der Waals surface area contributed by atoms with Crippen LogP contribution in [0.3, 0.4) is 0 Å². The molecule has 1 aromatic heterocycles. The van der Waals surface area contributed by atoms with Crippen LogP contribution in [0.25, 0.3) is 11.1 Å². The number of hydrogen-bond donors (Lipinski definition) is 3. The van der Waals surface area contributed by atoms with Crippen LogP contribution in [0.4, 0.5) is 15.9 Å². The Kier molecular flexibility index (Phi) is 7.41. The molecule has 0 spiro atoms. The average molecular weight is 427 g/mol. The lowest BCUT2D eigenvalue weighted by Gasteiger charge is -2.31. The zero-order valence-corrected chi connectivity index (χ0v) is 18.7. The van der Waals surface area contributed by atoms with Gasteiger partial charge in [0.2, 0.25) is 0 Å². The first-order valence-electron chi connectivity index (χ1n) is 11.6. The van der Waals surface area contributed by atoms with Crippen LogP contribution >= 0.6 is 0 Å². The molecule has 2 aliphatic rings. The van der Waals surface area contributed by atoms with Gasteiger partial charge < -0.3 is 20.7 Å². The average Bonchev–Trinajstić information content (AvgIpc) is 3.60. The minimum Gasteiger partial charge on any atom is -0.385 e. The highest BCUT2D eigenvalue weighted by molar-refractivity contribution is 5.70. The van der Waals surface area contributed by atoms with Crippen molar-refractivity contribution in [2.24, 2.45) is 5.92 Å². The van der Waals surface area contributed by atoms with Gasteiger partial charge in [0.25, 0.3) is 0 Å². The van der Waals surface area contributed by atoms with Crippen LogP contribution in [0.15, 0.2) is 36.5 Å². The molecule has 0 unspecified atom stereocenters. The normalized spacial score (nSPS) is 22.2. The summed E-state index contributed by atoms with van der Waals surface area (Å²) in [5, 5.41) is 10.7. The van der Waals surface area contributed by atoms with Gasteiger partial charge in [-0.3, -0.25) is 0 Å². The summed E-state index contributed by atoms with van der Waals surface area (Å²) in [7, 11) is 1.74. The monoisotopic (exact) mass is 426 g/mol. The molecule has 5 nitrogen and oxygen atoms in total. The maximum atomic E-state index is 14.6. The lowest BCUT2D eigenvalue weighted by Crippen LogP contribution is -2.42. The first-order valence-corrected chi connectivity index (χ1v) is 11.6. The quantitative estimate of drug-likeness (QED) is 0.496. The summed E-state index contributed by atoms with van der Waals surface area (Å²) < 4.78 is 19.8. The predicted molar refractivity (Wildman–Crippen MR) is 125 cm³/mol. The molecule has 2 aliphatic carbocycles. The molecule has 4 rings (SSSR count). The molecule has 1 heterocycles. The maximum Gasteiger partial charge on any atom is 0.149 e. The summed E-state index contributed by atoms with van der Waals surface area (Å²) >= 11 is 0. The number of ether oxygens (including phenoxy) is 1. The Morgan fingerprint density at radius 2 is 1.87 bits per heavy atom. The molecule has 1 aromatic carbocycles. The number of methoxy groups -OCH3 is 1. The number of pyridine rings is 1. The fourth-order valence-electron chi connectivity index (χ4n) is 4.43. The zero-order valence-electron chi connectivity index (χ0n) is 18.7. The van der Waals surface area contributed by atoms with Crippen molar-refractivity contribution in [1.29, 1.82) is 0 Å². The third kappa shape index (κ3) is 6.40. The number of nitrogens with zero attached hydrogens (tertiary/aromatic N) is 1. The van der Waals surface area contributed by atoms with E-state index >= 15 is 0 Å². The van der Waals surface area contributed by atoms with Crippen LogP contribution < -0.4 is 16.0 Å². The SMILES string of the molecule is COC[C@@H](C)NC1CCC(Nc2cc(-c3cccc(NCC4CC4)c3)c(F)cn2)CC1. The fraction of sp³-hybridized carbons (Fsp3) is 0.560. The number of aromatic nitrogens is 1. The van der Waals surface area contributed by atoms with Crippen molar-refractivity contribution >= 4 is 11.5 Å². The standard InChI is InChI=1S/C25H35FN4O/c1-17(16-31-2)29-20-8-10-21(11-9-20)30-25-13-23(24(26)15-28-25)19-4-3-5-22(12-19)27-14-18-6-7-18/h3-5,12-13,15,17-18,20-21,27,29H,6-11,14,16H2,1-2H3,(H,28,30)/t17-,20?,21?/m1/s1. The van der Waals surface area contributed by atoms with Crippen LogP contribution in [-0.4, -0.2) is 43.4 Å². The molecule has 0 radical (unpaired) electrons. The molecule has 2 saturated carbocycles. The minimum absolute atomic E-state index is 0.287. The second-order valence-corrected chi connectivity index (χ2v) is 9.17. The molecule has 0 aliphatic heterocycles. The van der Waals surface area contributed by atoms with Gasteiger partial charge in [0.15, 0.2) is 0 Å². The van der Waals surface area contributed by atoms with Crippen molar-refractivity contribution in [2.75, 3.05) is 30.9 Å². The van der Waals surface area contributed by atoms with Crippen molar-refractivity contribution in [3.05, 3.63) is 42.3 Å². The second-order valence-electron chi connectivity index (χ2n) is 9.17. The molecule has 0 amide bonds. The zero-order chi connectivity index (χ0) is 21.6. The van der Waals surface area contributed by atoms with E-state index in [1.54, 1.807) is 7.11 Å². The van der Waals surface area contributed by atoms with Gasteiger partial charge in [-0.05, 0) is 75.1 Å². The molecule has 1 atom stereocenters. The molecular weight excluding hydrogens is 391 g/mol. The Balaban J connectivity index is 1.35. The fourth-order valence-corrected chi connectivity index (χ4v) is 4.43. The highest BCUT2D eigenvalue weighted by atomic mass is 19.1. The molecule has 2 fully saturated rings. The van der Waals surface area contributed by atoms with Crippen LogP contribution in [-0.2, 0) is 4.74 Å². The third-order valence-electron chi connectivity index (χ3n) is 6.34. The van der Waals surface area contributed by atoms with Crippen molar-refractivity contribution in [3.63, 3.8) is 0 Å². The maximum absolute atomic E-state index is 14.6. The number of halogens is 1. The predicted octanol–water partition coefficient (Wildman–Crippen LogP) is 5.06. The molecule has 31 heavy (non-hydrogen) atoms. The first kappa shape index (κ1) is 22.0. The first-order chi connectivity index (χ1) is 15.1. The Morgan fingerprint density at radius 1 is 1.10 bits per heavy atom. The van der Waals surface area contributed by atoms with E-state index in [1.165, 1.54) is 19.0 Å². The van der Waals surface area contributed by atoms with Crippen LogP contribution in [0, 0.1) is 11.7 Å². The van der Waals surface area contributed by atoms with Crippen molar-refractivity contribution in [3.8, 4) is 11.1 Å². The third-order valence-corrected chi connectivity index (χ3v) is 6.34. The number of nitrogens with one attached hydrogen (secondary N) is 3. The van der Waals surface area contributed by atoms with Crippen molar-refractivity contribution < 1.29 is 9.13 Å². The molecule has 2 aromatic rings. The van der Waals surface area contributed by atoms with Gasteiger partial charge in [0.05, 0.1) is 12.8 Å². The smallest absolute Gasteiger partial charge is 0.149 e. The van der Waals surface area contributed by atoms with Crippen LogP contribution in [0.1, 0.15) is 45.4 Å². The van der Waals surface area contributed by atoms with Crippen molar-refractivity contribution in [2.45, 2.75) is 63.6 Å². The summed E-state index contributed by atoms with van der Waals surface area (Å²) in [4.78, 5) is 4.31. The number of hydrogen-bond acceptors (Lipinski definition) is 5. The highest BCUT2D eigenvalue weighted by Gasteiger charge is 2.23. The van der Waals surface area contributed by atoms with Gasteiger partial charge in [-0.15, -0.1) is 0 Å². The summed E-state index contributed by atoms with van der Waals surface area (Å²) in [6.07, 6.45) is 8.35. The van der Waals surface area contributed by atoms with Gasteiger partial charge in [-0.25, -0.2) is 9.37 Å². The lowest BCUT2D eigenvalue weighted by molar-refractivity contribution is 0.161. The summed E-state index contributed by atoms with van der Waals surface area (Å²) in [6.45, 7) is 3.89. The Hall–Kier alpha value is -2.18. The van der Waals surface area contributed by atoms with Crippen LogP contribution in [0.2, 0.25) is 0 Å². The lowest BCUT2D eigenvalue weighted by atomic mass is 9.90. The van der Waals surface area contributed by atoms with Gasteiger partial charge in [0, 0.05) is 43.0 Å². The van der Waals surface area contributed by atoms with E-state index in [-0.39, 0.29) is 5.82 Å². The Bertz CT molecular complexity index is 849. The second kappa shape index (κ2) is 10.4. The highest BCUT2D eigenvalue weighted by Crippen LogP contribution is 2.31. The number of benzene rings is 1. The summed E-state index contributed by atoms with van der Waals surface area (Å²) in [5.41, 5.74) is 2.52. The molecular formula is C25H35FN4O. The topological polar surface area (TPSA) is 58.2 Å². The number of anilines is 2. The minimum atomic E-state index is -0.287. The molecule has 3 N–H and O–H groups in total. The molecule has 0 saturated heterocycles. The molecule has 6 heteroatoms. The number of rotatable bonds is 10. The van der Waals surface area contributed by atoms with E-state index < -0.39 is 0 Å². The van der Waals surface area contributed by atoms with Crippen LogP contribution in [0.5, 0.6) is 0 Å². The van der Waals surface area contributed by atoms with E-state index in [4.69, 9.17) is 4.74 Å². The van der Waals surface area contributed by atoms with E-state index in [0.717, 1.165) is 61.8 Å². The largest absolute Gasteiger partial charge is 0.385 e. The van der Waals surface area contributed by atoms with E-state index in [2.05, 4.69) is 27.9 Å². The van der Waals surface area contributed by atoms with Gasteiger partial charge >= 0.3 is 0 Å². The van der Waals surface area contributed by atoms with Crippen molar-refractivity contribution in [1.82, 2.24) is 10.3 Å². The van der Waals surface area contributed by atoms with E-state index in [1.807, 2.05) is 30.3 Å². The van der Waals surface area contributed by atoms with E-state index in [9.17, 15) is 4.39 Å². The Labute approximate surface area is 185 Å². The van der Waals surface area contributed by atoms with Gasteiger partial charge in [-0.2, -0.15) is 0 Å². The van der Waals surface area contributed by atoms with E-state index in [0.29, 0.717) is 23.7 Å². The van der Waals surface area contributed by atoms with Gasteiger partial charge in [0.1, 0.15) is 11.6 Å².